The summed E-state index contributed by atoms with van der Waals surface area (Å²) in [6, 6.07) is 5.84. The molecule has 0 saturated heterocycles. The first-order chi connectivity index (χ1) is 12.8. The molecule has 1 aromatic carbocycles. The molecule has 0 atom stereocenters. The van der Waals surface area contributed by atoms with Crippen molar-refractivity contribution < 1.29 is 19.1 Å². The summed E-state index contributed by atoms with van der Waals surface area (Å²) in [6.45, 7) is 5.31. The van der Waals surface area contributed by atoms with Gasteiger partial charge in [0.1, 0.15) is 5.75 Å². The van der Waals surface area contributed by atoms with Crippen molar-refractivity contribution in [3.8, 4) is 5.75 Å². The summed E-state index contributed by atoms with van der Waals surface area (Å²) in [5.41, 5.74) is 2.65. The van der Waals surface area contributed by atoms with Gasteiger partial charge in [0, 0.05) is 6.20 Å². The van der Waals surface area contributed by atoms with Crippen LogP contribution in [0, 0.1) is 20.8 Å². The fraction of sp³-hybridized carbons (Fsp3) is 0.316. The minimum absolute atomic E-state index is 0.0275. The standard InChI is InChI=1S/C19H20Cl2N2O4/c1-11-4-5-12(2)15(8-11)26-7-6-17(25)27-10-16(24)23-19-18(21)13(3)14(20)9-22-19/h4-5,8-9H,6-7,10H2,1-3H3,(H,22,23,24). The number of rotatable bonds is 7. The Morgan fingerprint density at radius 1 is 1.19 bits per heavy atom. The van der Waals surface area contributed by atoms with E-state index in [9.17, 15) is 9.59 Å². The molecule has 1 amide bonds. The number of halogens is 2. The number of aromatic nitrogens is 1. The topological polar surface area (TPSA) is 77.5 Å². The number of esters is 1. The Bertz CT molecular complexity index is 856. The Morgan fingerprint density at radius 3 is 2.67 bits per heavy atom. The van der Waals surface area contributed by atoms with Gasteiger partial charge < -0.3 is 14.8 Å². The van der Waals surface area contributed by atoms with E-state index in [1.807, 2.05) is 32.0 Å². The minimum Gasteiger partial charge on any atom is -0.493 e. The van der Waals surface area contributed by atoms with Crippen LogP contribution in [0.3, 0.4) is 0 Å². The van der Waals surface area contributed by atoms with Crippen LogP contribution >= 0.6 is 23.2 Å². The van der Waals surface area contributed by atoms with Crippen LogP contribution in [0.5, 0.6) is 5.75 Å². The van der Waals surface area contributed by atoms with E-state index in [0.29, 0.717) is 10.6 Å². The van der Waals surface area contributed by atoms with Gasteiger partial charge in [-0.2, -0.15) is 0 Å². The quantitative estimate of drug-likeness (QED) is 0.689. The third kappa shape index (κ3) is 6.12. The maximum absolute atomic E-state index is 11.9. The molecule has 0 bridgehead atoms. The Hall–Kier alpha value is -2.31. The smallest absolute Gasteiger partial charge is 0.309 e. The number of carbonyl (C=O) groups excluding carboxylic acids is 2. The molecule has 0 unspecified atom stereocenters. The highest BCUT2D eigenvalue weighted by Crippen LogP contribution is 2.28. The van der Waals surface area contributed by atoms with Crippen LogP contribution in [0.2, 0.25) is 10.0 Å². The van der Waals surface area contributed by atoms with Crippen molar-refractivity contribution in [1.29, 1.82) is 0 Å². The fourth-order valence-corrected chi connectivity index (χ4v) is 2.53. The Labute approximate surface area is 167 Å². The summed E-state index contributed by atoms with van der Waals surface area (Å²) in [4.78, 5) is 27.6. The van der Waals surface area contributed by atoms with Gasteiger partial charge in [-0.25, -0.2) is 4.98 Å². The van der Waals surface area contributed by atoms with Crippen LogP contribution < -0.4 is 10.1 Å². The zero-order valence-electron chi connectivity index (χ0n) is 15.3. The second kappa shape index (κ2) is 9.58. The van der Waals surface area contributed by atoms with Crippen molar-refractivity contribution in [3.63, 3.8) is 0 Å². The Balaban J connectivity index is 1.76. The summed E-state index contributed by atoms with van der Waals surface area (Å²) >= 11 is 12.0. The number of hydrogen-bond acceptors (Lipinski definition) is 5. The third-order valence-corrected chi connectivity index (χ3v) is 4.58. The molecule has 0 spiro atoms. The molecule has 8 heteroatoms. The minimum atomic E-state index is -0.546. The third-order valence-electron chi connectivity index (χ3n) is 3.73. The second-order valence-electron chi connectivity index (χ2n) is 5.97. The van der Waals surface area contributed by atoms with E-state index < -0.39 is 18.5 Å². The van der Waals surface area contributed by atoms with Crippen molar-refractivity contribution in [1.82, 2.24) is 4.98 Å². The molecule has 0 aliphatic rings. The first-order valence-corrected chi connectivity index (χ1v) is 8.99. The normalized spacial score (nSPS) is 10.4. The van der Waals surface area contributed by atoms with Crippen LogP contribution in [0.25, 0.3) is 0 Å². The lowest BCUT2D eigenvalue weighted by molar-refractivity contribution is -0.147. The maximum atomic E-state index is 11.9. The van der Waals surface area contributed by atoms with Gasteiger partial charge in [0.05, 0.1) is 23.1 Å². The monoisotopic (exact) mass is 410 g/mol. The van der Waals surface area contributed by atoms with Crippen LogP contribution in [0.15, 0.2) is 24.4 Å². The van der Waals surface area contributed by atoms with Gasteiger partial charge in [0.25, 0.3) is 5.91 Å². The van der Waals surface area contributed by atoms with Crippen LogP contribution in [-0.4, -0.2) is 30.1 Å². The lowest BCUT2D eigenvalue weighted by Gasteiger charge is -2.11. The molecule has 0 aliphatic heterocycles. The molecular formula is C19H20Cl2N2O4. The highest BCUT2D eigenvalue weighted by molar-refractivity contribution is 6.37. The van der Waals surface area contributed by atoms with E-state index in [4.69, 9.17) is 32.7 Å². The number of nitrogens with one attached hydrogen (secondary N) is 1. The highest BCUT2D eigenvalue weighted by Gasteiger charge is 2.13. The summed E-state index contributed by atoms with van der Waals surface area (Å²) < 4.78 is 10.5. The van der Waals surface area contributed by atoms with E-state index in [-0.39, 0.29) is 23.9 Å². The lowest BCUT2D eigenvalue weighted by Crippen LogP contribution is -2.22. The number of aryl methyl sites for hydroxylation is 2. The van der Waals surface area contributed by atoms with E-state index >= 15 is 0 Å². The van der Waals surface area contributed by atoms with Crippen LogP contribution in [0.4, 0.5) is 5.82 Å². The van der Waals surface area contributed by atoms with Crippen molar-refractivity contribution in [2.45, 2.75) is 27.2 Å². The van der Waals surface area contributed by atoms with Gasteiger partial charge in [-0.05, 0) is 43.5 Å². The first-order valence-electron chi connectivity index (χ1n) is 8.24. The molecule has 1 N–H and O–H groups in total. The summed E-state index contributed by atoms with van der Waals surface area (Å²) in [7, 11) is 0. The predicted octanol–water partition coefficient (Wildman–Crippen LogP) is 4.26. The molecule has 27 heavy (non-hydrogen) atoms. The van der Waals surface area contributed by atoms with Crippen LogP contribution in [-0.2, 0) is 14.3 Å². The number of hydrogen-bond donors (Lipinski definition) is 1. The summed E-state index contributed by atoms with van der Waals surface area (Å²) in [5, 5.41) is 3.12. The molecule has 144 valence electrons. The van der Waals surface area contributed by atoms with Crippen molar-refractivity contribution in [2.24, 2.45) is 0 Å². The van der Waals surface area contributed by atoms with Crippen LogP contribution in [0.1, 0.15) is 23.1 Å². The van der Waals surface area contributed by atoms with Crippen molar-refractivity contribution in [2.75, 3.05) is 18.5 Å². The van der Waals surface area contributed by atoms with Gasteiger partial charge in [0.15, 0.2) is 12.4 Å². The van der Waals surface area contributed by atoms with Gasteiger partial charge in [-0.15, -0.1) is 0 Å². The van der Waals surface area contributed by atoms with Gasteiger partial charge >= 0.3 is 5.97 Å². The largest absolute Gasteiger partial charge is 0.493 e. The maximum Gasteiger partial charge on any atom is 0.309 e. The molecule has 1 heterocycles. The molecule has 2 rings (SSSR count). The SMILES string of the molecule is Cc1ccc(C)c(OCCC(=O)OCC(=O)Nc2ncc(Cl)c(C)c2Cl)c1. The molecule has 0 saturated carbocycles. The second-order valence-corrected chi connectivity index (χ2v) is 6.76. The number of nitrogens with zero attached hydrogens (tertiary/aromatic N) is 1. The molecule has 6 nitrogen and oxygen atoms in total. The van der Waals surface area contributed by atoms with Crippen molar-refractivity contribution in [3.05, 3.63) is 51.1 Å². The van der Waals surface area contributed by atoms with E-state index in [1.54, 1.807) is 6.92 Å². The molecule has 0 radical (unpaired) electrons. The molecule has 2 aromatic rings. The number of ether oxygens (including phenoxy) is 2. The van der Waals surface area contributed by atoms with E-state index in [2.05, 4.69) is 10.3 Å². The van der Waals surface area contributed by atoms with Gasteiger partial charge in [0.2, 0.25) is 0 Å². The average Bonchev–Trinajstić information content (AvgIpc) is 2.63. The Kier molecular flexibility index (Phi) is 7.45. The number of pyridine rings is 1. The first kappa shape index (κ1) is 21.0. The highest BCUT2D eigenvalue weighted by atomic mass is 35.5. The average molecular weight is 411 g/mol. The lowest BCUT2D eigenvalue weighted by atomic mass is 10.1. The summed E-state index contributed by atoms with van der Waals surface area (Å²) in [6.07, 6.45) is 1.41. The van der Waals surface area contributed by atoms with Crippen molar-refractivity contribution >= 4 is 40.9 Å². The number of anilines is 1. The molecular weight excluding hydrogens is 391 g/mol. The van der Waals surface area contributed by atoms with Gasteiger partial charge in [-0.1, -0.05) is 35.3 Å². The molecule has 0 fully saturated rings. The van der Waals surface area contributed by atoms with Gasteiger partial charge in [-0.3, -0.25) is 9.59 Å². The summed E-state index contributed by atoms with van der Waals surface area (Å²) in [5.74, 6) is -0.200. The molecule has 1 aromatic heterocycles. The fourth-order valence-electron chi connectivity index (χ4n) is 2.14. The Morgan fingerprint density at radius 2 is 1.93 bits per heavy atom. The zero-order chi connectivity index (χ0) is 20.0. The molecule has 0 aliphatic carbocycles. The number of carbonyl (C=O) groups is 2. The predicted molar refractivity (Wildman–Crippen MR) is 105 cm³/mol. The van der Waals surface area contributed by atoms with E-state index in [0.717, 1.165) is 16.9 Å². The number of amides is 1. The number of benzene rings is 1. The van der Waals surface area contributed by atoms with E-state index in [1.165, 1.54) is 6.20 Å². The zero-order valence-corrected chi connectivity index (χ0v) is 16.8.